The van der Waals surface area contributed by atoms with Crippen LogP contribution >= 0.6 is 0 Å². The van der Waals surface area contributed by atoms with Crippen LogP contribution in [-0.4, -0.2) is 34.7 Å². The Morgan fingerprint density at radius 3 is 2.42 bits per heavy atom. The van der Waals surface area contributed by atoms with E-state index >= 15 is 0 Å². The van der Waals surface area contributed by atoms with Crippen molar-refractivity contribution in [2.75, 3.05) is 11.4 Å². The zero-order valence-electron chi connectivity index (χ0n) is 9.94. The number of hydrogen-bond donors (Lipinski definition) is 1. The fourth-order valence-electron chi connectivity index (χ4n) is 1.30. The van der Waals surface area contributed by atoms with Gasteiger partial charge in [0.1, 0.15) is 5.82 Å². The number of carbonyl (C=O) groups is 2. The fraction of sp³-hybridized carbons (Fsp3) is 0.364. The van der Waals surface area contributed by atoms with E-state index in [9.17, 15) is 22.8 Å². The molecule has 1 heterocycles. The van der Waals surface area contributed by atoms with E-state index in [1.54, 1.807) is 6.92 Å². The van der Waals surface area contributed by atoms with Crippen LogP contribution < -0.4 is 4.90 Å². The van der Waals surface area contributed by atoms with Crippen LogP contribution in [0, 0.1) is 6.92 Å². The van der Waals surface area contributed by atoms with Gasteiger partial charge in [-0.05, 0) is 18.6 Å². The molecular weight excluding hydrogens is 265 g/mol. The molecule has 0 radical (unpaired) electrons. The number of alkyl halides is 3. The van der Waals surface area contributed by atoms with Gasteiger partial charge < -0.3 is 5.11 Å². The monoisotopic (exact) mass is 276 g/mol. The minimum atomic E-state index is -5.08. The topological polar surface area (TPSA) is 70.5 Å². The average molecular weight is 276 g/mol. The minimum absolute atomic E-state index is 0.228. The van der Waals surface area contributed by atoms with Crippen molar-refractivity contribution in [3.05, 3.63) is 23.9 Å². The molecule has 5 nitrogen and oxygen atoms in total. The number of rotatable bonds is 4. The number of aliphatic carboxylic acids is 1. The van der Waals surface area contributed by atoms with Crippen LogP contribution in [0.25, 0.3) is 0 Å². The Kier molecular flexibility index (Phi) is 4.47. The summed E-state index contributed by atoms with van der Waals surface area (Å²) in [6.07, 6.45) is -4.38. The number of pyridine rings is 1. The van der Waals surface area contributed by atoms with E-state index < -0.39 is 31.0 Å². The molecule has 0 saturated heterocycles. The number of carbonyl (C=O) groups excluding carboxylic acids is 1. The first kappa shape index (κ1) is 14.9. The molecular formula is C11H11F3N2O3. The molecule has 19 heavy (non-hydrogen) atoms. The summed E-state index contributed by atoms with van der Waals surface area (Å²) >= 11 is 0. The number of nitrogens with zero attached hydrogens (tertiary/aromatic N) is 2. The van der Waals surface area contributed by atoms with Gasteiger partial charge in [-0.3, -0.25) is 14.5 Å². The van der Waals surface area contributed by atoms with Gasteiger partial charge in [-0.25, -0.2) is 4.98 Å². The second-order valence-corrected chi connectivity index (χ2v) is 3.79. The SMILES string of the molecule is Cc1ccc(N(CCC(=O)O)C(=O)C(F)(F)F)nc1. The van der Waals surface area contributed by atoms with Crippen molar-refractivity contribution in [1.29, 1.82) is 0 Å². The van der Waals surface area contributed by atoms with E-state index in [4.69, 9.17) is 5.11 Å². The van der Waals surface area contributed by atoms with Crippen molar-refractivity contribution >= 4 is 17.7 Å². The first-order valence-corrected chi connectivity index (χ1v) is 5.25. The second-order valence-electron chi connectivity index (χ2n) is 3.79. The van der Waals surface area contributed by atoms with Gasteiger partial charge in [-0.1, -0.05) is 6.07 Å². The lowest BCUT2D eigenvalue weighted by molar-refractivity contribution is -0.170. The molecule has 0 aromatic carbocycles. The van der Waals surface area contributed by atoms with Crippen LogP contribution in [0.2, 0.25) is 0 Å². The fourth-order valence-corrected chi connectivity index (χ4v) is 1.30. The molecule has 1 N–H and O–H groups in total. The number of amides is 1. The standard InChI is InChI=1S/C11H11F3N2O3/c1-7-2-3-8(15-6-7)16(5-4-9(17)18)10(19)11(12,13)14/h2-3,6H,4-5H2,1H3,(H,17,18). The molecule has 0 aliphatic rings. The lowest BCUT2D eigenvalue weighted by Crippen LogP contribution is -2.42. The van der Waals surface area contributed by atoms with Crippen LogP contribution in [0.3, 0.4) is 0 Å². The molecule has 1 rings (SSSR count). The Morgan fingerprint density at radius 2 is 2.00 bits per heavy atom. The lowest BCUT2D eigenvalue weighted by Gasteiger charge is -2.22. The Balaban J connectivity index is 3.01. The van der Waals surface area contributed by atoms with Crippen LogP contribution in [0.1, 0.15) is 12.0 Å². The number of hydrogen-bond acceptors (Lipinski definition) is 3. The smallest absolute Gasteiger partial charge is 0.471 e. The van der Waals surface area contributed by atoms with Gasteiger partial charge in [-0.2, -0.15) is 13.2 Å². The van der Waals surface area contributed by atoms with E-state index in [1.165, 1.54) is 18.3 Å². The van der Waals surface area contributed by atoms with Gasteiger partial charge in [0.25, 0.3) is 0 Å². The highest BCUT2D eigenvalue weighted by molar-refractivity contribution is 5.96. The predicted octanol–water partition coefficient (Wildman–Crippen LogP) is 1.76. The van der Waals surface area contributed by atoms with Crippen LogP contribution in [0.5, 0.6) is 0 Å². The van der Waals surface area contributed by atoms with Crippen molar-refractivity contribution in [3.8, 4) is 0 Å². The number of halogens is 3. The lowest BCUT2D eigenvalue weighted by atomic mass is 10.3. The summed E-state index contributed by atoms with van der Waals surface area (Å²) in [6.45, 7) is 1.09. The third-order valence-electron chi connectivity index (χ3n) is 2.21. The maximum Gasteiger partial charge on any atom is 0.471 e. The highest BCUT2D eigenvalue weighted by Gasteiger charge is 2.43. The molecule has 0 aliphatic carbocycles. The maximum atomic E-state index is 12.4. The normalized spacial score (nSPS) is 11.2. The van der Waals surface area contributed by atoms with Gasteiger partial charge in [0.05, 0.1) is 6.42 Å². The van der Waals surface area contributed by atoms with Crippen molar-refractivity contribution in [1.82, 2.24) is 4.98 Å². The average Bonchev–Trinajstić information content (AvgIpc) is 2.29. The quantitative estimate of drug-likeness (QED) is 0.909. The van der Waals surface area contributed by atoms with E-state index in [-0.39, 0.29) is 5.82 Å². The van der Waals surface area contributed by atoms with Gasteiger partial charge in [0.15, 0.2) is 0 Å². The second kappa shape index (κ2) is 5.68. The highest BCUT2D eigenvalue weighted by Crippen LogP contribution is 2.22. The van der Waals surface area contributed by atoms with Crippen LogP contribution in [0.4, 0.5) is 19.0 Å². The first-order chi connectivity index (χ1) is 8.71. The molecule has 1 aromatic rings. The molecule has 0 spiro atoms. The number of carboxylic acids is 1. The molecule has 104 valence electrons. The van der Waals surface area contributed by atoms with E-state index in [0.717, 1.165) is 0 Å². The highest BCUT2D eigenvalue weighted by atomic mass is 19.4. The van der Waals surface area contributed by atoms with Crippen LogP contribution in [0.15, 0.2) is 18.3 Å². The summed E-state index contributed by atoms with van der Waals surface area (Å²) < 4.78 is 37.3. The molecule has 0 bridgehead atoms. The van der Waals surface area contributed by atoms with Crippen LogP contribution in [-0.2, 0) is 9.59 Å². The van der Waals surface area contributed by atoms with E-state index in [0.29, 0.717) is 10.5 Å². The minimum Gasteiger partial charge on any atom is -0.481 e. The Bertz CT molecular complexity index is 471. The number of aryl methyl sites for hydroxylation is 1. The molecule has 0 saturated carbocycles. The molecule has 8 heteroatoms. The molecule has 1 aromatic heterocycles. The summed E-state index contributed by atoms with van der Waals surface area (Å²) in [5, 5.41) is 8.50. The van der Waals surface area contributed by atoms with Gasteiger partial charge in [-0.15, -0.1) is 0 Å². The third-order valence-corrected chi connectivity index (χ3v) is 2.21. The largest absolute Gasteiger partial charge is 0.481 e. The summed E-state index contributed by atoms with van der Waals surface area (Å²) in [4.78, 5) is 25.7. The first-order valence-electron chi connectivity index (χ1n) is 5.25. The Hall–Kier alpha value is -2.12. The zero-order chi connectivity index (χ0) is 14.6. The number of anilines is 1. The van der Waals surface area contributed by atoms with E-state index in [1.807, 2.05) is 0 Å². The third kappa shape index (κ3) is 4.23. The summed E-state index contributed by atoms with van der Waals surface area (Å²) in [5.74, 6) is -3.66. The summed E-state index contributed by atoms with van der Waals surface area (Å²) in [5.41, 5.74) is 0.710. The van der Waals surface area contributed by atoms with Gasteiger partial charge in [0, 0.05) is 12.7 Å². The number of carboxylic acid groups (broad SMARTS) is 1. The van der Waals surface area contributed by atoms with E-state index in [2.05, 4.69) is 4.98 Å². The zero-order valence-corrected chi connectivity index (χ0v) is 9.94. The van der Waals surface area contributed by atoms with Crippen molar-refractivity contribution in [3.63, 3.8) is 0 Å². The van der Waals surface area contributed by atoms with Crippen molar-refractivity contribution in [2.45, 2.75) is 19.5 Å². The molecule has 1 amide bonds. The Morgan fingerprint density at radius 1 is 1.37 bits per heavy atom. The Labute approximate surface area is 106 Å². The summed E-state index contributed by atoms with van der Waals surface area (Å²) in [7, 11) is 0. The number of aromatic nitrogens is 1. The molecule has 0 fully saturated rings. The maximum absolute atomic E-state index is 12.4. The van der Waals surface area contributed by atoms with Gasteiger partial charge in [0.2, 0.25) is 0 Å². The van der Waals surface area contributed by atoms with Crippen molar-refractivity contribution in [2.24, 2.45) is 0 Å². The molecule has 0 unspecified atom stereocenters. The van der Waals surface area contributed by atoms with Crippen molar-refractivity contribution < 1.29 is 27.9 Å². The molecule has 0 atom stereocenters. The molecule has 0 aliphatic heterocycles. The predicted molar refractivity (Wildman–Crippen MR) is 59.6 cm³/mol. The summed E-state index contributed by atoms with van der Waals surface area (Å²) in [6, 6.07) is 2.72. The van der Waals surface area contributed by atoms with Gasteiger partial charge >= 0.3 is 18.1 Å².